The van der Waals surface area contributed by atoms with Crippen molar-refractivity contribution in [1.82, 2.24) is 4.98 Å². The first kappa shape index (κ1) is 13.8. The van der Waals surface area contributed by atoms with Gasteiger partial charge in [0.2, 0.25) is 0 Å². The number of carbonyl (C=O) groups excluding carboxylic acids is 1. The molecule has 1 aromatic heterocycles. The number of pyridine rings is 1. The molecule has 0 aliphatic rings. The van der Waals surface area contributed by atoms with Gasteiger partial charge in [-0.15, -0.1) is 0 Å². The van der Waals surface area contributed by atoms with Gasteiger partial charge >= 0.3 is 6.09 Å². The molecule has 104 valence electrons. The Morgan fingerprint density at radius 2 is 2.15 bits per heavy atom. The van der Waals surface area contributed by atoms with Crippen molar-refractivity contribution in [3.63, 3.8) is 0 Å². The molecule has 0 aliphatic heterocycles. The molecule has 1 aromatic carbocycles. The van der Waals surface area contributed by atoms with Crippen LogP contribution in [-0.2, 0) is 6.61 Å². The fraction of sp³-hybridized carbons (Fsp3) is 0.143. The molecule has 2 aromatic rings. The number of amides is 1. The molecule has 6 nitrogen and oxygen atoms in total. The smallest absolute Gasteiger partial charge is 0.409 e. The van der Waals surface area contributed by atoms with Gasteiger partial charge in [-0.25, -0.2) is 4.79 Å². The van der Waals surface area contributed by atoms with E-state index in [1.165, 1.54) is 7.11 Å². The van der Waals surface area contributed by atoms with Gasteiger partial charge in [-0.05, 0) is 23.8 Å². The van der Waals surface area contributed by atoms with Gasteiger partial charge in [-0.2, -0.15) is 0 Å². The highest BCUT2D eigenvalue weighted by atomic mass is 16.5. The number of hydrogen-bond acceptors (Lipinski definition) is 5. The number of nitrogens with two attached hydrogens (primary N) is 1. The Balaban J connectivity index is 2.48. The van der Waals surface area contributed by atoms with Gasteiger partial charge in [0.15, 0.2) is 0 Å². The fourth-order valence-electron chi connectivity index (χ4n) is 1.89. The summed E-state index contributed by atoms with van der Waals surface area (Å²) in [5, 5.41) is 9.35. The van der Waals surface area contributed by atoms with E-state index in [0.29, 0.717) is 11.3 Å². The molecule has 0 radical (unpaired) electrons. The van der Waals surface area contributed by atoms with E-state index >= 15 is 0 Å². The SMILES string of the molecule is COc1cc(OC(N)=O)ccc1-c1ccncc1CO. The van der Waals surface area contributed by atoms with E-state index in [1.54, 1.807) is 36.7 Å². The van der Waals surface area contributed by atoms with Crippen LogP contribution in [-0.4, -0.2) is 23.3 Å². The standard InChI is InChI=1S/C14H14N2O4/c1-19-13-6-10(20-14(15)18)2-3-12(13)11-4-5-16-7-9(11)8-17/h2-7,17H,8H2,1H3,(H2,15,18). The van der Waals surface area contributed by atoms with E-state index in [1.807, 2.05) is 0 Å². The minimum Gasteiger partial charge on any atom is -0.496 e. The number of ether oxygens (including phenoxy) is 2. The van der Waals surface area contributed by atoms with Crippen molar-refractivity contribution in [3.8, 4) is 22.6 Å². The lowest BCUT2D eigenvalue weighted by Gasteiger charge is -2.12. The molecule has 0 bridgehead atoms. The quantitative estimate of drug-likeness (QED) is 0.885. The summed E-state index contributed by atoms with van der Waals surface area (Å²) in [5.41, 5.74) is 7.20. The number of methoxy groups -OCH3 is 1. The third kappa shape index (κ3) is 2.86. The summed E-state index contributed by atoms with van der Waals surface area (Å²) in [7, 11) is 1.51. The van der Waals surface area contributed by atoms with Crippen molar-refractivity contribution in [2.75, 3.05) is 7.11 Å². The topological polar surface area (TPSA) is 94.7 Å². The first-order chi connectivity index (χ1) is 9.65. The predicted molar refractivity (Wildman–Crippen MR) is 72.4 cm³/mol. The summed E-state index contributed by atoms with van der Waals surface area (Å²) >= 11 is 0. The van der Waals surface area contributed by atoms with E-state index in [2.05, 4.69) is 4.98 Å². The zero-order valence-electron chi connectivity index (χ0n) is 10.9. The minimum atomic E-state index is -0.889. The van der Waals surface area contributed by atoms with Crippen LogP contribution in [0.5, 0.6) is 11.5 Å². The maximum Gasteiger partial charge on any atom is 0.409 e. The molecule has 0 saturated heterocycles. The zero-order chi connectivity index (χ0) is 14.5. The van der Waals surface area contributed by atoms with Crippen molar-refractivity contribution in [3.05, 3.63) is 42.2 Å². The van der Waals surface area contributed by atoms with Gasteiger partial charge in [-0.1, -0.05) is 0 Å². The predicted octanol–water partition coefficient (Wildman–Crippen LogP) is 1.71. The van der Waals surface area contributed by atoms with Crippen LogP contribution in [0.15, 0.2) is 36.7 Å². The van der Waals surface area contributed by atoms with Gasteiger partial charge in [0.1, 0.15) is 11.5 Å². The average Bonchev–Trinajstić information content (AvgIpc) is 2.46. The maximum absolute atomic E-state index is 10.7. The summed E-state index contributed by atoms with van der Waals surface area (Å²) < 4.78 is 10.1. The Labute approximate surface area is 115 Å². The Hall–Kier alpha value is -2.60. The lowest BCUT2D eigenvalue weighted by Crippen LogP contribution is -2.16. The first-order valence-corrected chi connectivity index (χ1v) is 5.85. The second-order valence-electron chi connectivity index (χ2n) is 3.97. The minimum absolute atomic E-state index is 0.133. The number of aliphatic hydroxyl groups excluding tert-OH is 1. The second kappa shape index (κ2) is 6.03. The molecule has 0 fully saturated rings. The van der Waals surface area contributed by atoms with Gasteiger partial charge in [-0.3, -0.25) is 4.98 Å². The Morgan fingerprint density at radius 3 is 2.80 bits per heavy atom. The monoisotopic (exact) mass is 274 g/mol. The van der Waals surface area contributed by atoms with Crippen LogP contribution in [0.3, 0.4) is 0 Å². The second-order valence-corrected chi connectivity index (χ2v) is 3.97. The molecular weight excluding hydrogens is 260 g/mol. The number of primary amides is 1. The molecule has 1 heterocycles. The van der Waals surface area contributed by atoms with Crippen molar-refractivity contribution in [2.24, 2.45) is 5.73 Å². The summed E-state index contributed by atoms with van der Waals surface area (Å²) in [4.78, 5) is 14.7. The van der Waals surface area contributed by atoms with Crippen molar-refractivity contribution in [1.29, 1.82) is 0 Å². The lowest BCUT2D eigenvalue weighted by atomic mass is 10.0. The highest BCUT2D eigenvalue weighted by Gasteiger charge is 2.12. The first-order valence-electron chi connectivity index (χ1n) is 5.85. The number of benzene rings is 1. The van der Waals surface area contributed by atoms with Crippen molar-refractivity contribution < 1.29 is 19.4 Å². The molecule has 0 atom stereocenters. The average molecular weight is 274 g/mol. The molecule has 0 unspecified atom stereocenters. The zero-order valence-corrected chi connectivity index (χ0v) is 10.9. The summed E-state index contributed by atoms with van der Waals surface area (Å²) in [6, 6.07) is 6.66. The van der Waals surface area contributed by atoms with E-state index < -0.39 is 6.09 Å². The number of hydrogen-bond donors (Lipinski definition) is 2. The van der Waals surface area contributed by atoms with Crippen LogP contribution in [0.2, 0.25) is 0 Å². The number of nitrogens with zero attached hydrogens (tertiary/aromatic N) is 1. The van der Waals surface area contributed by atoms with Crippen molar-refractivity contribution >= 4 is 6.09 Å². The molecule has 20 heavy (non-hydrogen) atoms. The number of aromatic nitrogens is 1. The Kier molecular flexibility index (Phi) is 4.17. The molecule has 0 saturated carbocycles. The third-order valence-electron chi connectivity index (χ3n) is 2.76. The molecule has 1 amide bonds. The number of rotatable bonds is 4. The van der Waals surface area contributed by atoms with Gasteiger partial charge < -0.3 is 20.3 Å². The highest BCUT2D eigenvalue weighted by Crippen LogP contribution is 2.34. The molecule has 0 spiro atoms. The summed E-state index contributed by atoms with van der Waals surface area (Å²) in [6.45, 7) is -0.133. The van der Waals surface area contributed by atoms with E-state index in [-0.39, 0.29) is 12.4 Å². The third-order valence-corrected chi connectivity index (χ3v) is 2.76. The molecule has 6 heteroatoms. The van der Waals surface area contributed by atoms with Crippen LogP contribution >= 0.6 is 0 Å². The van der Waals surface area contributed by atoms with Crippen LogP contribution < -0.4 is 15.2 Å². The van der Waals surface area contributed by atoms with E-state index in [9.17, 15) is 9.90 Å². The van der Waals surface area contributed by atoms with Crippen LogP contribution in [0, 0.1) is 0 Å². The normalized spacial score (nSPS) is 10.1. The fourth-order valence-corrected chi connectivity index (χ4v) is 1.89. The molecule has 2 rings (SSSR count). The van der Waals surface area contributed by atoms with Gasteiger partial charge in [0, 0.05) is 29.6 Å². The largest absolute Gasteiger partial charge is 0.496 e. The highest BCUT2D eigenvalue weighted by molar-refractivity contribution is 5.75. The Bertz CT molecular complexity index is 628. The Morgan fingerprint density at radius 1 is 1.35 bits per heavy atom. The molecule has 0 aliphatic carbocycles. The molecular formula is C14H14N2O4. The van der Waals surface area contributed by atoms with Crippen LogP contribution in [0.1, 0.15) is 5.56 Å². The van der Waals surface area contributed by atoms with E-state index in [0.717, 1.165) is 11.1 Å². The number of aliphatic hydroxyl groups is 1. The van der Waals surface area contributed by atoms with Crippen LogP contribution in [0.25, 0.3) is 11.1 Å². The van der Waals surface area contributed by atoms with Crippen LogP contribution in [0.4, 0.5) is 4.79 Å². The van der Waals surface area contributed by atoms with E-state index in [4.69, 9.17) is 15.2 Å². The maximum atomic E-state index is 10.7. The summed E-state index contributed by atoms with van der Waals surface area (Å²) in [5.74, 6) is 0.794. The lowest BCUT2D eigenvalue weighted by molar-refractivity contribution is 0.210. The van der Waals surface area contributed by atoms with Gasteiger partial charge in [0.25, 0.3) is 0 Å². The van der Waals surface area contributed by atoms with Crippen molar-refractivity contribution in [2.45, 2.75) is 6.61 Å². The molecule has 3 N–H and O–H groups in total. The number of carbonyl (C=O) groups is 1. The summed E-state index contributed by atoms with van der Waals surface area (Å²) in [6.07, 6.45) is 2.32. The van der Waals surface area contributed by atoms with Gasteiger partial charge in [0.05, 0.1) is 13.7 Å².